The highest BCUT2D eigenvalue weighted by Gasteiger charge is 2.12. The minimum absolute atomic E-state index is 0.139. The van der Waals surface area contributed by atoms with E-state index in [1.165, 1.54) is 22.7 Å². The number of halogens is 1. The number of amides is 1. The highest BCUT2D eigenvalue weighted by molar-refractivity contribution is 7.98. The first-order valence-electron chi connectivity index (χ1n) is 10.8. The highest BCUT2D eigenvalue weighted by Crippen LogP contribution is 2.22. The van der Waals surface area contributed by atoms with Crippen LogP contribution in [0.4, 0.5) is 5.13 Å². The number of ketones is 1. The predicted molar refractivity (Wildman–Crippen MR) is 142 cm³/mol. The number of hydrogen-bond acceptors (Lipinski definition) is 9. The monoisotopic (exact) mass is 543 g/mol. The van der Waals surface area contributed by atoms with E-state index in [1.54, 1.807) is 23.9 Å². The van der Waals surface area contributed by atoms with Crippen LogP contribution in [0.2, 0.25) is 5.02 Å². The fraction of sp³-hybridized carbons (Fsp3) is 0.250. The number of aromatic nitrogens is 4. The summed E-state index contributed by atoms with van der Waals surface area (Å²) in [5, 5.41) is 23.0. The van der Waals surface area contributed by atoms with E-state index in [4.69, 9.17) is 11.6 Å². The summed E-state index contributed by atoms with van der Waals surface area (Å²) in [7, 11) is 0. The van der Waals surface area contributed by atoms with Crippen molar-refractivity contribution in [2.24, 2.45) is 0 Å². The Labute approximate surface area is 220 Å². The molecule has 2 aromatic carbocycles. The van der Waals surface area contributed by atoms with E-state index in [1.807, 2.05) is 42.5 Å². The number of Topliss-reactive ketones (excluding diaryl/α,β-unsaturated/α-hetero) is 1. The lowest BCUT2D eigenvalue weighted by atomic mass is 10.1. The lowest BCUT2D eigenvalue weighted by Gasteiger charge is -2.01. The lowest BCUT2D eigenvalue weighted by molar-refractivity contribution is -0.118. The highest BCUT2D eigenvalue weighted by atomic mass is 35.5. The molecule has 4 rings (SSSR count). The van der Waals surface area contributed by atoms with Crippen molar-refractivity contribution < 1.29 is 9.59 Å². The van der Waals surface area contributed by atoms with Crippen molar-refractivity contribution in [2.45, 2.75) is 31.4 Å². The zero-order valence-electron chi connectivity index (χ0n) is 18.6. The zero-order valence-corrected chi connectivity index (χ0v) is 21.9. The lowest BCUT2D eigenvalue weighted by Crippen LogP contribution is -2.14. The summed E-state index contributed by atoms with van der Waals surface area (Å²) < 4.78 is 0. The third kappa shape index (κ3) is 8.50. The number of nitrogens with one attached hydrogen (secondary N) is 1. The summed E-state index contributed by atoms with van der Waals surface area (Å²) in [6.07, 6.45) is 1.73. The first-order chi connectivity index (χ1) is 17.0. The number of thioether (sulfide) groups is 1. The molecule has 1 N–H and O–H groups in total. The molecule has 0 saturated heterocycles. The second-order valence-corrected chi connectivity index (χ2v) is 11.4. The van der Waals surface area contributed by atoms with Crippen molar-refractivity contribution in [3.05, 3.63) is 85.8 Å². The SMILES string of the molecule is O=C(Cc1ccccc1)Cc1nnc(CCSCc2nnc(NC(=O)Cc3cccc(Cl)c3)s2)s1. The molecule has 11 heteroatoms. The van der Waals surface area contributed by atoms with Crippen molar-refractivity contribution in [3.63, 3.8) is 0 Å². The van der Waals surface area contributed by atoms with Gasteiger partial charge in [-0.05, 0) is 23.3 Å². The van der Waals surface area contributed by atoms with Gasteiger partial charge in [-0.15, -0.1) is 31.7 Å². The van der Waals surface area contributed by atoms with Gasteiger partial charge in [0.1, 0.15) is 20.8 Å². The van der Waals surface area contributed by atoms with Gasteiger partial charge >= 0.3 is 0 Å². The van der Waals surface area contributed by atoms with E-state index in [9.17, 15) is 9.59 Å². The Bertz CT molecular complexity index is 1280. The number of carbonyl (C=O) groups is 2. The third-order valence-electron chi connectivity index (χ3n) is 4.75. The normalized spacial score (nSPS) is 10.9. The fourth-order valence-electron chi connectivity index (χ4n) is 3.19. The van der Waals surface area contributed by atoms with E-state index >= 15 is 0 Å². The minimum Gasteiger partial charge on any atom is -0.300 e. The van der Waals surface area contributed by atoms with Gasteiger partial charge in [0.05, 0.1) is 12.8 Å². The molecule has 0 aliphatic rings. The van der Waals surface area contributed by atoms with E-state index in [0.29, 0.717) is 28.7 Å². The van der Waals surface area contributed by atoms with E-state index < -0.39 is 0 Å². The third-order valence-corrected chi connectivity index (χ3v) is 7.96. The molecular formula is C24H22ClN5O2S3. The molecule has 0 aliphatic carbocycles. The topological polar surface area (TPSA) is 97.7 Å². The Morgan fingerprint density at radius 1 is 0.829 bits per heavy atom. The van der Waals surface area contributed by atoms with Crippen molar-refractivity contribution in [3.8, 4) is 0 Å². The van der Waals surface area contributed by atoms with Crippen LogP contribution in [-0.4, -0.2) is 37.8 Å². The van der Waals surface area contributed by atoms with Crippen molar-refractivity contribution >= 4 is 62.9 Å². The maximum absolute atomic E-state index is 12.3. The number of nitrogens with zero attached hydrogens (tertiary/aromatic N) is 4. The van der Waals surface area contributed by atoms with E-state index in [2.05, 4.69) is 25.7 Å². The molecule has 0 fully saturated rings. The number of carbonyl (C=O) groups excluding carboxylic acids is 2. The van der Waals surface area contributed by atoms with Crippen LogP contribution in [0, 0.1) is 0 Å². The quantitative estimate of drug-likeness (QED) is 0.249. The smallest absolute Gasteiger partial charge is 0.230 e. The Kier molecular flexibility index (Phi) is 9.35. The van der Waals surface area contributed by atoms with E-state index in [0.717, 1.165) is 38.3 Å². The van der Waals surface area contributed by atoms with Crippen LogP contribution in [0.1, 0.15) is 26.1 Å². The van der Waals surface area contributed by atoms with Gasteiger partial charge in [0.15, 0.2) is 0 Å². The van der Waals surface area contributed by atoms with Crippen LogP contribution in [0.25, 0.3) is 0 Å². The molecule has 0 bridgehead atoms. The average Bonchev–Trinajstić information content (AvgIpc) is 3.46. The molecule has 0 radical (unpaired) electrons. The second kappa shape index (κ2) is 12.9. The number of hydrogen-bond donors (Lipinski definition) is 1. The van der Waals surface area contributed by atoms with Crippen LogP contribution in [0.15, 0.2) is 54.6 Å². The molecule has 0 saturated carbocycles. The number of rotatable bonds is 12. The molecule has 0 spiro atoms. The van der Waals surface area contributed by atoms with Crippen molar-refractivity contribution in [1.29, 1.82) is 0 Å². The summed E-state index contributed by atoms with van der Waals surface area (Å²) >= 11 is 10.5. The van der Waals surface area contributed by atoms with Gasteiger partial charge in [-0.2, -0.15) is 11.8 Å². The van der Waals surface area contributed by atoms with Gasteiger partial charge in [-0.3, -0.25) is 9.59 Å². The van der Waals surface area contributed by atoms with Crippen molar-refractivity contribution in [1.82, 2.24) is 20.4 Å². The largest absolute Gasteiger partial charge is 0.300 e. The molecule has 1 amide bonds. The average molecular weight is 544 g/mol. The molecule has 180 valence electrons. The summed E-state index contributed by atoms with van der Waals surface area (Å²) in [5.74, 6) is 1.53. The summed E-state index contributed by atoms with van der Waals surface area (Å²) in [6.45, 7) is 0. The van der Waals surface area contributed by atoms with Gasteiger partial charge in [0.2, 0.25) is 11.0 Å². The molecule has 0 unspecified atom stereocenters. The van der Waals surface area contributed by atoms with Crippen LogP contribution >= 0.6 is 46.0 Å². The van der Waals surface area contributed by atoms with Gasteiger partial charge in [-0.25, -0.2) is 0 Å². The summed E-state index contributed by atoms with van der Waals surface area (Å²) in [6, 6.07) is 16.9. The van der Waals surface area contributed by atoms with Crippen LogP contribution in [0.3, 0.4) is 0 Å². The van der Waals surface area contributed by atoms with Crippen molar-refractivity contribution in [2.75, 3.05) is 11.1 Å². The first kappa shape index (κ1) is 25.4. The molecule has 4 aromatic rings. The van der Waals surface area contributed by atoms with Gasteiger partial charge in [0, 0.05) is 29.4 Å². The Morgan fingerprint density at radius 2 is 1.60 bits per heavy atom. The molecule has 0 aliphatic heterocycles. The summed E-state index contributed by atoms with van der Waals surface area (Å²) in [4.78, 5) is 24.5. The number of aryl methyl sites for hydroxylation is 1. The maximum atomic E-state index is 12.3. The van der Waals surface area contributed by atoms with E-state index in [-0.39, 0.29) is 18.1 Å². The maximum Gasteiger partial charge on any atom is 0.230 e. The van der Waals surface area contributed by atoms with Crippen LogP contribution in [-0.2, 0) is 41.0 Å². The van der Waals surface area contributed by atoms with Gasteiger partial charge in [0.25, 0.3) is 0 Å². The number of anilines is 1. The summed E-state index contributed by atoms with van der Waals surface area (Å²) in [5.41, 5.74) is 1.86. The minimum atomic E-state index is -0.156. The number of benzene rings is 2. The second-order valence-electron chi connectivity index (χ2n) is 7.63. The molecule has 0 atom stereocenters. The fourth-order valence-corrected chi connectivity index (χ4v) is 6.16. The molecule has 2 heterocycles. The standard InChI is InChI=1S/C24H22ClN5O2S3/c25-18-8-4-7-17(11-18)13-20(32)26-24-30-29-23(35-24)15-33-10-9-21-27-28-22(34-21)14-19(31)12-16-5-2-1-3-6-16/h1-8,11H,9-10,12-15H2,(H,26,30,32). The van der Waals surface area contributed by atoms with Gasteiger partial charge in [-0.1, -0.05) is 65.4 Å². The van der Waals surface area contributed by atoms with Crippen LogP contribution in [0.5, 0.6) is 0 Å². The predicted octanol–water partition coefficient (Wildman–Crippen LogP) is 5.05. The molecular weight excluding hydrogens is 522 g/mol. The first-order valence-corrected chi connectivity index (χ1v) is 14.0. The molecule has 2 aromatic heterocycles. The Hall–Kier alpha value is -2.66. The Morgan fingerprint density at radius 3 is 2.43 bits per heavy atom. The Balaban J connectivity index is 1.15. The van der Waals surface area contributed by atoms with Crippen LogP contribution < -0.4 is 5.32 Å². The molecule has 7 nitrogen and oxygen atoms in total. The molecule has 35 heavy (non-hydrogen) atoms. The zero-order chi connectivity index (χ0) is 24.5. The van der Waals surface area contributed by atoms with Gasteiger partial charge < -0.3 is 5.32 Å².